The van der Waals surface area contributed by atoms with Gasteiger partial charge in [-0.1, -0.05) is 0 Å². The molecule has 1 rings (SSSR count). The van der Waals surface area contributed by atoms with Gasteiger partial charge in [-0.25, -0.2) is 0 Å². The van der Waals surface area contributed by atoms with Crippen LogP contribution in [-0.4, -0.2) is 25.5 Å². The lowest BCUT2D eigenvalue weighted by Crippen LogP contribution is -2.18. The van der Waals surface area contributed by atoms with Gasteiger partial charge in [-0.3, -0.25) is 4.79 Å². The number of carbonyl (C=O) groups is 1. The van der Waals surface area contributed by atoms with Crippen LogP contribution in [0, 0.1) is 0 Å². The molecule has 1 aromatic carbocycles. The number of anilines is 2. The fourth-order valence-corrected chi connectivity index (χ4v) is 1.32. The third-order valence-corrected chi connectivity index (χ3v) is 2.43. The molecule has 0 heterocycles. The predicted octanol–water partition coefficient (Wildman–Crippen LogP) is 1.92. The van der Waals surface area contributed by atoms with Gasteiger partial charge in [0.2, 0.25) is 0 Å². The SMILES string of the molecule is COC(C)CNc1ccc(N)c(C(C)=O)c1. The number of nitrogens with two attached hydrogens (primary N) is 1. The molecule has 0 radical (unpaired) electrons. The van der Waals surface area contributed by atoms with E-state index in [1.54, 1.807) is 19.2 Å². The normalized spacial score (nSPS) is 12.2. The minimum atomic E-state index is -0.0269. The van der Waals surface area contributed by atoms with Gasteiger partial charge in [-0.2, -0.15) is 0 Å². The van der Waals surface area contributed by atoms with E-state index >= 15 is 0 Å². The number of hydrogen-bond acceptors (Lipinski definition) is 4. The van der Waals surface area contributed by atoms with Crippen molar-refractivity contribution < 1.29 is 9.53 Å². The molecule has 0 amide bonds. The van der Waals surface area contributed by atoms with Crippen LogP contribution < -0.4 is 11.1 Å². The summed E-state index contributed by atoms with van der Waals surface area (Å²) in [5, 5.41) is 3.19. The van der Waals surface area contributed by atoms with Crippen LogP contribution in [0.1, 0.15) is 24.2 Å². The van der Waals surface area contributed by atoms with E-state index in [4.69, 9.17) is 10.5 Å². The fourth-order valence-electron chi connectivity index (χ4n) is 1.32. The van der Waals surface area contributed by atoms with Crippen molar-refractivity contribution in [1.29, 1.82) is 0 Å². The van der Waals surface area contributed by atoms with Gasteiger partial charge < -0.3 is 15.8 Å². The molecule has 1 aromatic rings. The molecule has 0 bridgehead atoms. The Hall–Kier alpha value is -1.55. The Balaban J connectivity index is 2.75. The van der Waals surface area contributed by atoms with Crippen molar-refractivity contribution in [3.63, 3.8) is 0 Å². The molecule has 16 heavy (non-hydrogen) atoms. The highest BCUT2D eigenvalue weighted by molar-refractivity contribution is 5.99. The Labute approximate surface area is 95.8 Å². The average Bonchev–Trinajstić information content (AvgIpc) is 2.27. The number of rotatable bonds is 5. The molecule has 4 nitrogen and oxygen atoms in total. The minimum Gasteiger partial charge on any atom is -0.398 e. The van der Waals surface area contributed by atoms with Crippen molar-refractivity contribution in [2.24, 2.45) is 0 Å². The summed E-state index contributed by atoms with van der Waals surface area (Å²) < 4.78 is 5.12. The van der Waals surface area contributed by atoms with Crippen LogP contribution in [0.25, 0.3) is 0 Å². The molecule has 0 spiro atoms. The van der Waals surface area contributed by atoms with Crippen molar-refractivity contribution in [1.82, 2.24) is 0 Å². The van der Waals surface area contributed by atoms with Crippen LogP contribution in [0.3, 0.4) is 0 Å². The molecule has 3 N–H and O–H groups in total. The minimum absolute atomic E-state index is 0.0269. The van der Waals surface area contributed by atoms with Gasteiger partial charge in [-0.05, 0) is 32.0 Å². The lowest BCUT2D eigenvalue weighted by Gasteiger charge is -2.13. The van der Waals surface area contributed by atoms with E-state index in [2.05, 4.69) is 5.32 Å². The number of benzene rings is 1. The summed E-state index contributed by atoms with van der Waals surface area (Å²) in [6.07, 6.45) is 0.123. The molecular formula is C12H18N2O2. The first-order chi connectivity index (χ1) is 7.54. The standard InChI is InChI=1S/C12H18N2O2/c1-8(16-3)7-14-10-4-5-12(13)11(6-10)9(2)15/h4-6,8,14H,7,13H2,1-3H3. The average molecular weight is 222 g/mol. The topological polar surface area (TPSA) is 64.3 Å². The van der Waals surface area contributed by atoms with Gasteiger partial charge >= 0.3 is 0 Å². The van der Waals surface area contributed by atoms with E-state index in [9.17, 15) is 4.79 Å². The third kappa shape index (κ3) is 3.24. The molecule has 1 unspecified atom stereocenters. The number of ketones is 1. The van der Waals surface area contributed by atoms with Crippen molar-refractivity contribution in [2.75, 3.05) is 24.7 Å². The van der Waals surface area contributed by atoms with Gasteiger partial charge in [0.1, 0.15) is 0 Å². The molecule has 0 fully saturated rings. The van der Waals surface area contributed by atoms with Crippen LogP contribution in [0.5, 0.6) is 0 Å². The number of ether oxygens (including phenoxy) is 1. The highest BCUT2D eigenvalue weighted by atomic mass is 16.5. The van der Waals surface area contributed by atoms with E-state index in [1.165, 1.54) is 6.92 Å². The second-order valence-corrected chi connectivity index (χ2v) is 3.79. The summed E-state index contributed by atoms with van der Waals surface area (Å²) in [7, 11) is 1.66. The molecular weight excluding hydrogens is 204 g/mol. The zero-order valence-electron chi connectivity index (χ0n) is 9.91. The number of carbonyl (C=O) groups excluding carboxylic acids is 1. The van der Waals surface area contributed by atoms with Crippen molar-refractivity contribution in [3.8, 4) is 0 Å². The van der Waals surface area contributed by atoms with Gasteiger partial charge in [0.15, 0.2) is 5.78 Å². The molecule has 0 saturated carbocycles. The third-order valence-electron chi connectivity index (χ3n) is 2.43. The van der Waals surface area contributed by atoms with Crippen molar-refractivity contribution >= 4 is 17.2 Å². The van der Waals surface area contributed by atoms with E-state index < -0.39 is 0 Å². The fraction of sp³-hybridized carbons (Fsp3) is 0.417. The number of nitrogens with one attached hydrogen (secondary N) is 1. The number of nitrogen functional groups attached to an aromatic ring is 1. The quantitative estimate of drug-likeness (QED) is 0.590. The van der Waals surface area contributed by atoms with Gasteiger partial charge in [0.05, 0.1) is 6.10 Å². The van der Waals surface area contributed by atoms with Gasteiger partial charge in [-0.15, -0.1) is 0 Å². The lowest BCUT2D eigenvalue weighted by atomic mass is 10.1. The molecule has 1 atom stereocenters. The Morgan fingerprint density at radius 3 is 2.81 bits per heavy atom. The summed E-state index contributed by atoms with van der Waals surface area (Å²) in [6.45, 7) is 4.17. The van der Waals surface area contributed by atoms with Gasteiger partial charge in [0.25, 0.3) is 0 Å². The lowest BCUT2D eigenvalue weighted by molar-refractivity contribution is 0.101. The largest absolute Gasteiger partial charge is 0.398 e. The maximum atomic E-state index is 11.3. The highest BCUT2D eigenvalue weighted by Crippen LogP contribution is 2.18. The smallest absolute Gasteiger partial charge is 0.161 e. The molecule has 0 aliphatic heterocycles. The van der Waals surface area contributed by atoms with E-state index in [-0.39, 0.29) is 11.9 Å². The molecule has 4 heteroatoms. The molecule has 88 valence electrons. The van der Waals surface area contributed by atoms with E-state index in [0.29, 0.717) is 17.8 Å². The van der Waals surface area contributed by atoms with Gasteiger partial charge in [0, 0.05) is 30.6 Å². The first-order valence-corrected chi connectivity index (χ1v) is 5.21. The van der Waals surface area contributed by atoms with Crippen LogP contribution in [0.15, 0.2) is 18.2 Å². The number of Topliss-reactive ketones (excluding diaryl/α,β-unsaturated/α-hetero) is 1. The van der Waals surface area contributed by atoms with Crippen molar-refractivity contribution in [2.45, 2.75) is 20.0 Å². The summed E-state index contributed by atoms with van der Waals surface area (Å²) in [4.78, 5) is 11.3. The van der Waals surface area contributed by atoms with Crippen LogP contribution in [0.4, 0.5) is 11.4 Å². The Morgan fingerprint density at radius 1 is 1.56 bits per heavy atom. The predicted molar refractivity (Wildman–Crippen MR) is 65.8 cm³/mol. The van der Waals surface area contributed by atoms with Crippen LogP contribution in [0.2, 0.25) is 0 Å². The first-order valence-electron chi connectivity index (χ1n) is 5.21. The summed E-state index contributed by atoms with van der Waals surface area (Å²) in [5.74, 6) is -0.0269. The Morgan fingerprint density at radius 2 is 2.25 bits per heavy atom. The second kappa shape index (κ2) is 5.51. The molecule has 0 aliphatic carbocycles. The highest BCUT2D eigenvalue weighted by Gasteiger charge is 2.06. The van der Waals surface area contributed by atoms with Crippen LogP contribution >= 0.6 is 0 Å². The number of methoxy groups -OCH3 is 1. The summed E-state index contributed by atoms with van der Waals surface area (Å²) >= 11 is 0. The summed E-state index contributed by atoms with van der Waals surface area (Å²) in [6, 6.07) is 5.35. The maximum absolute atomic E-state index is 11.3. The molecule has 0 aromatic heterocycles. The van der Waals surface area contributed by atoms with Crippen LogP contribution in [-0.2, 0) is 4.74 Å². The maximum Gasteiger partial charge on any atom is 0.161 e. The van der Waals surface area contributed by atoms with E-state index in [0.717, 1.165) is 5.69 Å². The molecule has 0 saturated heterocycles. The zero-order chi connectivity index (χ0) is 12.1. The van der Waals surface area contributed by atoms with E-state index in [1.807, 2.05) is 13.0 Å². The molecule has 0 aliphatic rings. The Kier molecular flexibility index (Phi) is 4.31. The Bertz CT molecular complexity index is 377. The summed E-state index contributed by atoms with van der Waals surface area (Å²) in [5.41, 5.74) is 7.64. The van der Waals surface area contributed by atoms with Crippen molar-refractivity contribution in [3.05, 3.63) is 23.8 Å². The number of hydrogen-bond donors (Lipinski definition) is 2. The zero-order valence-corrected chi connectivity index (χ0v) is 9.91. The second-order valence-electron chi connectivity index (χ2n) is 3.79. The first kappa shape index (κ1) is 12.5. The monoisotopic (exact) mass is 222 g/mol.